The van der Waals surface area contributed by atoms with E-state index in [-0.39, 0.29) is 5.41 Å². The van der Waals surface area contributed by atoms with E-state index in [1.807, 2.05) is 0 Å². The Kier molecular flexibility index (Phi) is 1.59. The molecule has 0 N–H and O–H groups in total. The Morgan fingerprint density at radius 3 is 2.64 bits per heavy atom. The van der Waals surface area contributed by atoms with Crippen LogP contribution in [0.15, 0.2) is 12.2 Å². The minimum atomic E-state index is 0.130. The largest absolute Gasteiger partial charge is 0.303 e. The van der Waals surface area contributed by atoms with Gasteiger partial charge in [0.25, 0.3) is 0 Å². The Morgan fingerprint density at radius 1 is 1.36 bits per heavy atom. The Hall–Kier alpha value is -0.590. The molecule has 0 aromatic heterocycles. The quantitative estimate of drug-likeness (QED) is 0.436. The second kappa shape index (κ2) is 2.47. The molecule has 1 heteroatoms. The lowest BCUT2D eigenvalue weighted by molar-refractivity contribution is -0.114. The molecule has 0 spiro atoms. The zero-order chi connectivity index (χ0) is 7.73. The van der Waals surface area contributed by atoms with Gasteiger partial charge in [-0.1, -0.05) is 12.2 Å². The average Bonchev–Trinajstić information content (AvgIpc) is 2.86. The molecule has 0 bridgehead atoms. The summed E-state index contributed by atoms with van der Waals surface area (Å²) in [5, 5.41) is 0. The standard InChI is InChI=1S/C10H14O/c11-8-10(6-7-10)9-4-2-1-3-5-9/h1-2,8-9H,3-7H2. The third-order valence-corrected chi connectivity index (χ3v) is 3.14. The molecular formula is C10H14O. The smallest absolute Gasteiger partial charge is 0.126 e. The van der Waals surface area contributed by atoms with Crippen LogP contribution >= 0.6 is 0 Å². The van der Waals surface area contributed by atoms with Gasteiger partial charge in [-0.25, -0.2) is 0 Å². The highest BCUT2D eigenvalue weighted by molar-refractivity contribution is 5.64. The highest BCUT2D eigenvalue weighted by Crippen LogP contribution is 2.53. The molecule has 1 unspecified atom stereocenters. The average molecular weight is 150 g/mol. The molecule has 0 radical (unpaired) electrons. The van der Waals surface area contributed by atoms with Gasteiger partial charge in [-0.2, -0.15) is 0 Å². The third kappa shape index (κ3) is 1.13. The normalized spacial score (nSPS) is 33.3. The molecule has 1 saturated carbocycles. The molecule has 0 heterocycles. The Morgan fingerprint density at radius 2 is 2.18 bits per heavy atom. The van der Waals surface area contributed by atoms with Gasteiger partial charge in [-0.15, -0.1) is 0 Å². The maximum absolute atomic E-state index is 10.8. The van der Waals surface area contributed by atoms with E-state index < -0.39 is 0 Å². The van der Waals surface area contributed by atoms with Gasteiger partial charge in [-0.05, 0) is 38.0 Å². The van der Waals surface area contributed by atoms with Crippen molar-refractivity contribution >= 4 is 6.29 Å². The van der Waals surface area contributed by atoms with Crippen molar-refractivity contribution < 1.29 is 4.79 Å². The molecule has 2 aliphatic rings. The van der Waals surface area contributed by atoms with Gasteiger partial charge in [0, 0.05) is 5.41 Å². The third-order valence-electron chi connectivity index (χ3n) is 3.14. The summed E-state index contributed by atoms with van der Waals surface area (Å²) < 4.78 is 0. The summed E-state index contributed by atoms with van der Waals surface area (Å²) in [6.07, 6.45) is 11.5. The fraction of sp³-hybridized carbons (Fsp3) is 0.700. The van der Waals surface area contributed by atoms with E-state index in [4.69, 9.17) is 0 Å². The van der Waals surface area contributed by atoms with Crippen LogP contribution in [0.3, 0.4) is 0 Å². The molecular weight excluding hydrogens is 136 g/mol. The summed E-state index contributed by atoms with van der Waals surface area (Å²) in [5.41, 5.74) is 0.130. The monoisotopic (exact) mass is 150 g/mol. The van der Waals surface area contributed by atoms with Crippen molar-refractivity contribution in [3.8, 4) is 0 Å². The van der Waals surface area contributed by atoms with Gasteiger partial charge in [0.05, 0.1) is 0 Å². The first-order valence-corrected chi connectivity index (χ1v) is 4.49. The van der Waals surface area contributed by atoms with E-state index in [0.29, 0.717) is 5.92 Å². The molecule has 11 heavy (non-hydrogen) atoms. The van der Waals surface area contributed by atoms with Gasteiger partial charge in [0.15, 0.2) is 0 Å². The summed E-state index contributed by atoms with van der Waals surface area (Å²) in [7, 11) is 0. The molecule has 1 nitrogen and oxygen atoms in total. The highest BCUT2D eigenvalue weighted by Gasteiger charge is 2.48. The molecule has 60 valence electrons. The van der Waals surface area contributed by atoms with E-state index in [9.17, 15) is 4.79 Å². The summed E-state index contributed by atoms with van der Waals surface area (Å²) in [4.78, 5) is 10.8. The van der Waals surface area contributed by atoms with Crippen LogP contribution < -0.4 is 0 Å². The van der Waals surface area contributed by atoms with Crippen LogP contribution in [0.2, 0.25) is 0 Å². The second-order valence-electron chi connectivity index (χ2n) is 3.83. The topological polar surface area (TPSA) is 17.1 Å². The maximum atomic E-state index is 10.8. The molecule has 2 aliphatic carbocycles. The zero-order valence-corrected chi connectivity index (χ0v) is 6.75. The molecule has 1 fully saturated rings. The van der Waals surface area contributed by atoms with Crippen LogP contribution in [0.1, 0.15) is 32.1 Å². The van der Waals surface area contributed by atoms with Crippen molar-refractivity contribution in [3.05, 3.63) is 12.2 Å². The predicted octanol–water partition coefficient (Wildman–Crippen LogP) is 2.32. The van der Waals surface area contributed by atoms with Gasteiger partial charge in [0.2, 0.25) is 0 Å². The maximum Gasteiger partial charge on any atom is 0.126 e. The summed E-state index contributed by atoms with van der Waals surface area (Å²) in [6, 6.07) is 0. The van der Waals surface area contributed by atoms with Crippen LogP contribution in [-0.4, -0.2) is 6.29 Å². The van der Waals surface area contributed by atoms with Crippen molar-refractivity contribution in [1.82, 2.24) is 0 Å². The number of hydrogen-bond donors (Lipinski definition) is 0. The van der Waals surface area contributed by atoms with Crippen LogP contribution in [0.4, 0.5) is 0 Å². The zero-order valence-electron chi connectivity index (χ0n) is 6.75. The SMILES string of the molecule is O=CC1(C2CC=CCC2)CC1. The minimum absolute atomic E-state index is 0.130. The number of allylic oxidation sites excluding steroid dienone is 2. The fourth-order valence-corrected chi connectivity index (χ4v) is 2.08. The van der Waals surface area contributed by atoms with Gasteiger partial charge >= 0.3 is 0 Å². The lowest BCUT2D eigenvalue weighted by atomic mass is 9.81. The van der Waals surface area contributed by atoms with Gasteiger partial charge in [-0.3, -0.25) is 0 Å². The first-order valence-electron chi connectivity index (χ1n) is 4.49. The van der Waals surface area contributed by atoms with Crippen molar-refractivity contribution in [2.45, 2.75) is 32.1 Å². The molecule has 2 rings (SSSR count). The number of rotatable bonds is 2. The van der Waals surface area contributed by atoms with Crippen LogP contribution in [0.25, 0.3) is 0 Å². The minimum Gasteiger partial charge on any atom is -0.303 e. The second-order valence-corrected chi connectivity index (χ2v) is 3.83. The van der Waals surface area contributed by atoms with Crippen LogP contribution in [0, 0.1) is 11.3 Å². The van der Waals surface area contributed by atoms with Crippen LogP contribution in [0.5, 0.6) is 0 Å². The Labute approximate surface area is 67.5 Å². The van der Waals surface area contributed by atoms with E-state index in [0.717, 1.165) is 19.3 Å². The molecule has 0 aromatic carbocycles. The Balaban J connectivity index is 2.04. The molecule has 0 saturated heterocycles. The lowest BCUT2D eigenvalue weighted by Gasteiger charge is -2.22. The molecule has 1 atom stereocenters. The van der Waals surface area contributed by atoms with Gasteiger partial charge < -0.3 is 4.79 Å². The molecule has 0 amide bonds. The Bertz CT molecular complexity index is 189. The number of hydrogen-bond acceptors (Lipinski definition) is 1. The molecule has 0 aromatic rings. The molecule has 0 aliphatic heterocycles. The van der Waals surface area contributed by atoms with E-state index >= 15 is 0 Å². The van der Waals surface area contributed by atoms with E-state index in [2.05, 4.69) is 12.2 Å². The first kappa shape index (κ1) is 7.08. The number of carbonyl (C=O) groups excluding carboxylic acids is 1. The predicted molar refractivity (Wildman–Crippen MR) is 44.2 cm³/mol. The summed E-state index contributed by atoms with van der Waals surface area (Å²) in [6.45, 7) is 0. The van der Waals surface area contributed by atoms with E-state index in [1.165, 1.54) is 19.1 Å². The van der Waals surface area contributed by atoms with Crippen molar-refractivity contribution in [2.75, 3.05) is 0 Å². The fourth-order valence-electron chi connectivity index (χ4n) is 2.08. The number of carbonyl (C=O) groups is 1. The lowest BCUT2D eigenvalue weighted by Crippen LogP contribution is -2.18. The van der Waals surface area contributed by atoms with Crippen molar-refractivity contribution in [2.24, 2.45) is 11.3 Å². The van der Waals surface area contributed by atoms with Gasteiger partial charge in [0.1, 0.15) is 6.29 Å². The summed E-state index contributed by atoms with van der Waals surface area (Å²) >= 11 is 0. The van der Waals surface area contributed by atoms with Crippen LogP contribution in [-0.2, 0) is 4.79 Å². The first-order chi connectivity index (χ1) is 5.37. The number of aldehydes is 1. The van der Waals surface area contributed by atoms with Crippen molar-refractivity contribution in [1.29, 1.82) is 0 Å². The highest BCUT2D eigenvalue weighted by atomic mass is 16.1. The van der Waals surface area contributed by atoms with E-state index in [1.54, 1.807) is 0 Å². The summed E-state index contributed by atoms with van der Waals surface area (Å²) in [5.74, 6) is 0.671. The van der Waals surface area contributed by atoms with Crippen molar-refractivity contribution in [3.63, 3.8) is 0 Å².